The second kappa shape index (κ2) is 4.42. The van der Waals surface area contributed by atoms with Crippen LogP contribution in [0.5, 0.6) is 0 Å². The van der Waals surface area contributed by atoms with Gasteiger partial charge in [0.25, 0.3) is 0 Å². The fourth-order valence-electron chi connectivity index (χ4n) is 1.18. The lowest BCUT2D eigenvalue weighted by atomic mass is 10.1. The van der Waals surface area contributed by atoms with Crippen LogP contribution < -0.4 is 0 Å². The van der Waals surface area contributed by atoms with Gasteiger partial charge in [-0.15, -0.1) is 11.6 Å². The number of alkyl halides is 1. The van der Waals surface area contributed by atoms with E-state index in [0.29, 0.717) is 11.1 Å². The molecule has 0 aliphatic rings. The first kappa shape index (κ1) is 11.0. The molecular weight excluding hydrogens is 207 g/mol. The number of esters is 1. The van der Waals surface area contributed by atoms with E-state index < -0.39 is 11.8 Å². The van der Waals surface area contributed by atoms with Crippen molar-refractivity contribution in [2.24, 2.45) is 0 Å². The Bertz CT molecular complexity index is 363. The Morgan fingerprint density at radius 3 is 2.71 bits per heavy atom. The van der Waals surface area contributed by atoms with Gasteiger partial charge in [0, 0.05) is 5.88 Å². The molecule has 1 rings (SSSR count). The molecule has 0 N–H and O–H groups in total. The molecule has 0 bridgehead atoms. The average Bonchev–Trinajstić information content (AvgIpc) is 2.20. The highest BCUT2D eigenvalue weighted by Crippen LogP contribution is 2.17. The minimum Gasteiger partial charge on any atom is -0.465 e. The fraction of sp³-hybridized carbons (Fsp3) is 0.300. The van der Waals surface area contributed by atoms with Crippen LogP contribution in [0.15, 0.2) is 12.1 Å². The maximum atomic E-state index is 13.4. The van der Waals surface area contributed by atoms with Crippen molar-refractivity contribution >= 4 is 17.6 Å². The van der Waals surface area contributed by atoms with Crippen molar-refractivity contribution in [3.05, 3.63) is 34.6 Å². The van der Waals surface area contributed by atoms with Crippen LogP contribution in [-0.4, -0.2) is 13.1 Å². The van der Waals surface area contributed by atoms with Crippen molar-refractivity contribution in [3.8, 4) is 0 Å². The van der Waals surface area contributed by atoms with E-state index in [1.165, 1.54) is 13.2 Å². The zero-order valence-electron chi connectivity index (χ0n) is 7.93. The summed E-state index contributed by atoms with van der Waals surface area (Å²) in [6.45, 7) is 1.58. The van der Waals surface area contributed by atoms with Gasteiger partial charge in [0.1, 0.15) is 5.82 Å². The number of carbonyl (C=O) groups excluding carboxylic acids is 1. The minimum absolute atomic E-state index is 0.0665. The summed E-state index contributed by atoms with van der Waals surface area (Å²) in [6, 6.07) is 3.01. The summed E-state index contributed by atoms with van der Waals surface area (Å²) in [6.07, 6.45) is 0. The molecule has 4 heteroatoms. The fourth-order valence-corrected chi connectivity index (χ4v) is 1.33. The predicted octanol–water partition coefficient (Wildman–Crippen LogP) is 2.66. The normalized spacial score (nSPS) is 10.0. The number of methoxy groups -OCH3 is 1. The van der Waals surface area contributed by atoms with Crippen LogP contribution in [0.25, 0.3) is 0 Å². The molecule has 2 nitrogen and oxygen atoms in total. The molecule has 0 saturated heterocycles. The van der Waals surface area contributed by atoms with Crippen molar-refractivity contribution in [2.75, 3.05) is 7.11 Å². The molecule has 0 amide bonds. The second-order valence-electron chi connectivity index (χ2n) is 2.90. The van der Waals surface area contributed by atoms with Gasteiger partial charge in [-0.05, 0) is 24.1 Å². The van der Waals surface area contributed by atoms with Gasteiger partial charge in [-0.1, -0.05) is 6.07 Å². The molecule has 1 aromatic rings. The molecule has 0 saturated carbocycles. The molecule has 0 radical (unpaired) electrons. The summed E-state index contributed by atoms with van der Waals surface area (Å²) in [5.41, 5.74) is 1.03. The number of carbonyl (C=O) groups is 1. The van der Waals surface area contributed by atoms with E-state index in [1.54, 1.807) is 13.0 Å². The van der Waals surface area contributed by atoms with E-state index >= 15 is 0 Å². The van der Waals surface area contributed by atoms with Crippen LogP contribution in [0.1, 0.15) is 21.5 Å². The molecule has 0 atom stereocenters. The van der Waals surface area contributed by atoms with Crippen LogP contribution >= 0.6 is 11.6 Å². The summed E-state index contributed by atoms with van der Waals surface area (Å²) in [4.78, 5) is 11.1. The molecule has 14 heavy (non-hydrogen) atoms. The van der Waals surface area contributed by atoms with Crippen molar-refractivity contribution in [1.82, 2.24) is 0 Å². The topological polar surface area (TPSA) is 26.3 Å². The Morgan fingerprint density at radius 2 is 2.21 bits per heavy atom. The number of aryl methyl sites for hydroxylation is 1. The van der Waals surface area contributed by atoms with Gasteiger partial charge in [-0.2, -0.15) is 0 Å². The third-order valence-corrected chi connectivity index (χ3v) is 2.18. The lowest BCUT2D eigenvalue weighted by molar-refractivity contribution is 0.0595. The van der Waals surface area contributed by atoms with E-state index in [2.05, 4.69) is 4.74 Å². The molecule has 76 valence electrons. The lowest BCUT2D eigenvalue weighted by Gasteiger charge is -2.06. The number of halogens is 2. The maximum Gasteiger partial charge on any atom is 0.340 e. The van der Waals surface area contributed by atoms with Crippen molar-refractivity contribution < 1.29 is 13.9 Å². The largest absolute Gasteiger partial charge is 0.465 e. The lowest BCUT2D eigenvalue weighted by Crippen LogP contribution is -2.06. The van der Waals surface area contributed by atoms with Crippen LogP contribution in [0.4, 0.5) is 4.39 Å². The molecule has 0 heterocycles. The summed E-state index contributed by atoms with van der Waals surface area (Å²) in [5, 5.41) is 0. The minimum atomic E-state index is -0.683. The van der Waals surface area contributed by atoms with Crippen molar-refractivity contribution in [2.45, 2.75) is 12.8 Å². The molecule has 1 aromatic carbocycles. The number of ether oxygens (including phenoxy) is 1. The third-order valence-electron chi connectivity index (χ3n) is 1.87. The van der Waals surface area contributed by atoms with Gasteiger partial charge in [-0.25, -0.2) is 9.18 Å². The van der Waals surface area contributed by atoms with E-state index in [1.807, 2.05) is 0 Å². The van der Waals surface area contributed by atoms with Gasteiger partial charge < -0.3 is 4.74 Å². The smallest absolute Gasteiger partial charge is 0.340 e. The molecule has 0 aromatic heterocycles. The number of rotatable bonds is 2. The number of hydrogen-bond donors (Lipinski definition) is 0. The number of hydrogen-bond acceptors (Lipinski definition) is 2. The highest BCUT2D eigenvalue weighted by Gasteiger charge is 2.15. The summed E-state index contributed by atoms with van der Waals surface area (Å²) in [7, 11) is 1.21. The maximum absolute atomic E-state index is 13.4. The molecule has 0 aliphatic carbocycles. The van der Waals surface area contributed by atoms with Crippen molar-refractivity contribution in [1.29, 1.82) is 0 Å². The zero-order chi connectivity index (χ0) is 10.7. The second-order valence-corrected chi connectivity index (χ2v) is 3.17. The van der Waals surface area contributed by atoms with Crippen molar-refractivity contribution in [3.63, 3.8) is 0 Å². The van der Waals surface area contributed by atoms with Gasteiger partial charge in [0.2, 0.25) is 0 Å². The first-order valence-electron chi connectivity index (χ1n) is 4.03. The Hall–Kier alpha value is -1.09. The number of benzene rings is 1. The predicted molar refractivity (Wildman–Crippen MR) is 52.0 cm³/mol. The Balaban J connectivity index is 3.27. The van der Waals surface area contributed by atoms with Gasteiger partial charge >= 0.3 is 5.97 Å². The van der Waals surface area contributed by atoms with E-state index in [4.69, 9.17) is 11.6 Å². The SMILES string of the molecule is COC(=O)c1cc(CCl)cc(C)c1F. The van der Waals surface area contributed by atoms with E-state index in [0.717, 1.165) is 0 Å². The third kappa shape index (κ3) is 2.04. The average molecular weight is 217 g/mol. The first-order chi connectivity index (χ1) is 6.60. The monoisotopic (exact) mass is 216 g/mol. The quantitative estimate of drug-likeness (QED) is 0.561. The van der Waals surface area contributed by atoms with Gasteiger partial charge in [-0.3, -0.25) is 0 Å². The van der Waals surface area contributed by atoms with Gasteiger partial charge in [0.05, 0.1) is 12.7 Å². The van der Waals surface area contributed by atoms with E-state index in [-0.39, 0.29) is 11.4 Å². The Morgan fingerprint density at radius 1 is 1.57 bits per heavy atom. The molecule has 0 aliphatic heterocycles. The highest BCUT2D eigenvalue weighted by molar-refractivity contribution is 6.17. The summed E-state index contributed by atoms with van der Waals surface area (Å²) >= 11 is 5.60. The molecular formula is C10H10ClFO2. The van der Waals surface area contributed by atoms with Crippen LogP contribution in [0.2, 0.25) is 0 Å². The van der Waals surface area contributed by atoms with Gasteiger partial charge in [0.15, 0.2) is 0 Å². The van der Waals surface area contributed by atoms with Crippen LogP contribution in [0, 0.1) is 12.7 Å². The Kier molecular flexibility index (Phi) is 3.47. The summed E-state index contributed by atoms with van der Waals surface area (Å²) in [5.74, 6) is -0.992. The molecule has 0 spiro atoms. The zero-order valence-corrected chi connectivity index (χ0v) is 8.69. The van der Waals surface area contributed by atoms with E-state index in [9.17, 15) is 9.18 Å². The van der Waals surface area contributed by atoms with Crippen LogP contribution in [-0.2, 0) is 10.6 Å². The highest BCUT2D eigenvalue weighted by atomic mass is 35.5. The Labute approximate surface area is 86.6 Å². The molecule has 0 unspecified atom stereocenters. The standard InChI is InChI=1S/C10H10ClFO2/c1-6-3-7(5-11)4-8(9(6)12)10(13)14-2/h3-4H,5H2,1-2H3. The summed E-state index contributed by atoms with van der Waals surface area (Å²) < 4.78 is 17.9. The first-order valence-corrected chi connectivity index (χ1v) is 4.57. The molecule has 0 fully saturated rings. The van der Waals surface area contributed by atoms with Crippen LogP contribution in [0.3, 0.4) is 0 Å².